The highest BCUT2D eigenvalue weighted by atomic mass is 16.7. The zero-order chi connectivity index (χ0) is 14.2. The Bertz CT molecular complexity index is 465. The Morgan fingerprint density at radius 2 is 1.84 bits per heavy atom. The molecule has 0 aromatic heterocycles. The lowest BCUT2D eigenvalue weighted by molar-refractivity contribution is 0.133. The van der Waals surface area contributed by atoms with Crippen molar-refractivity contribution in [2.24, 2.45) is 5.41 Å². The smallest absolute Gasteiger partial charge is 0.231 e. The zero-order valence-electron chi connectivity index (χ0n) is 12.4. The van der Waals surface area contributed by atoms with Gasteiger partial charge in [-0.2, -0.15) is 0 Å². The molecule has 0 amide bonds. The van der Waals surface area contributed by atoms with Crippen LogP contribution in [0, 0.1) is 5.41 Å². The van der Waals surface area contributed by atoms with Crippen molar-refractivity contribution < 1.29 is 14.6 Å². The van der Waals surface area contributed by atoms with Crippen molar-refractivity contribution in [2.45, 2.75) is 40.3 Å². The maximum atomic E-state index is 10.0. The summed E-state index contributed by atoms with van der Waals surface area (Å²) in [6, 6.07) is 3.90. The molecule has 106 valence electrons. The lowest BCUT2D eigenvalue weighted by atomic mass is 9.87. The number of phenols is 1. The van der Waals surface area contributed by atoms with Gasteiger partial charge in [0, 0.05) is 24.2 Å². The van der Waals surface area contributed by atoms with Gasteiger partial charge in [0.25, 0.3) is 0 Å². The van der Waals surface area contributed by atoms with E-state index in [4.69, 9.17) is 9.47 Å². The summed E-state index contributed by atoms with van der Waals surface area (Å²) in [5.74, 6) is 1.59. The Morgan fingerprint density at radius 1 is 1.26 bits per heavy atom. The monoisotopic (exact) mass is 265 g/mol. The molecule has 1 unspecified atom stereocenters. The van der Waals surface area contributed by atoms with Crippen LogP contribution in [0.5, 0.6) is 17.2 Å². The second kappa shape index (κ2) is 4.93. The zero-order valence-corrected chi connectivity index (χ0v) is 12.4. The Balaban J connectivity index is 2.15. The molecule has 0 fully saturated rings. The van der Waals surface area contributed by atoms with Gasteiger partial charge in [0.05, 0.1) is 0 Å². The van der Waals surface area contributed by atoms with Crippen LogP contribution in [0.3, 0.4) is 0 Å². The molecule has 1 aromatic rings. The first-order valence-electron chi connectivity index (χ1n) is 6.61. The molecule has 1 aromatic carbocycles. The van der Waals surface area contributed by atoms with E-state index in [-0.39, 0.29) is 18.0 Å². The van der Waals surface area contributed by atoms with Crippen LogP contribution in [0.4, 0.5) is 0 Å². The van der Waals surface area contributed by atoms with Gasteiger partial charge in [-0.1, -0.05) is 20.8 Å². The van der Waals surface area contributed by atoms with Gasteiger partial charge in [-0.15, -0.1) is 0 Å². The van der Waals surface area contributed by atoms with E-state index in [0.29, 0.717) is 24.1 Å². The predicted molar refractivity (Wildman–Crippen MR) is 74.6 cm³/mol. The topological polar surface area (TPSA) is 41.9 Å². The quantitative estimate of drug-likeness (QED) is 0.912. The Labute approximate surface area is 114 Å². The van der Waals surface area contributed by atoms with E-state index in [0.717, 1.165) is 5.56 Å². The molecule has 0 spiro atoms. The molecule has 0 bridgehead atoms. The van der Waals surface area contributed by atoms with Crippen molar-refractivity contribution in [1.29, 1.82) is 0 Å². The summed E-state index contributed by atoms with van der Waals surface area (Å²) in [6.07, 6.45) is 0. The van der Waals surface area contributed by atoms with E-state index < -0.39 is 0 Å². The molecule has 1 heterocycles. The molecule has 19 heavy (non-hydrogen) atoms. The largest absolute Gasteiger partial charge is 0.507 e. The van der Waals surface area contributed by atoms with Gasteiger partial charge in [0.15, 0.2) is 11.5 Å². The molecule has 0 radical (unpaired) electrons. The average molecular weight is 265 g/mol. The minimum absolute atomic E-state index is 0.195. The van der Waals surface area contributed by atoms with E-state index >= 15 is 0 Å². The molecule has 1 N–H and O–H groups in total. The molecule has 2 rings (SSSR count). The van der Waals surface area contributed by atoms with Crippen molar-refractivity contribution in [1.82, 2.24) is 4.90 Å². The van der Waals surface area contributed by atoms with Gasteiger partial charge in [-0.05, 0) is 25.5 Å². The number of ether oxygens (including phenoxy) is 2. The molecule has 1 aliphatic rings. The minimum atomic E-state index is 0.195. The number of phenolic OH excluding ortho intramolecular Hbond substituents is 1. The number of fused-ring (bicyclic) bond motifs is 1. The second-order valence-electron chi connectivity index (χ2n) is 6.29. The summed E-state index contributed by atoms with van der Waals surface area (Å²) >= 11 is 0. The van der Waals surface area contributed by atoms with Gasteiger partial charge < -0.3 is 14.6 Å². The third-order valence-corrected chi connectivity index (χ3v) is 3.91. The number of benzene rings is 1. The van der Waals surface area contributed by atoms with Crippen molar-refractivity contribution >= 4 is 0 Å². The molecule has 4 heteroatoms. The maximum absolute atomic E-state index is 10.0. The summed E-state index contributed by atoms with van der Waals surface area (Å²) in [4.78, 5) is 2.23. The highest BCUT2D eigenvalue weighted by Gasteiger charge is 2.25. The SMILES string of the molecule is CC(N(C)Cc1cc2c(cc1O)OCO2)C(C)(C)C. The molecule has 0 saturated carbocycles. The summed E-state index contributed by atoms with van der Waals surface area (Å²) in [5.41, 5.74) is 1.06. The molecule has 0 saturated heterocycles. The lowest BCUT2D eigenvalue weighted by Crippen LogP contribution is -2.38. The predicted octanol–water partition coefficient (Wildman–Crippen LogP) is 2.99. The maximum Gasteiger partial charge on any atom is 0.231 e. The van der Waals surface area contributed by atoms with Crippen LogP contribution in [0.1, 0.15) is 33.3 Å². The number of aromatic hydroxyl groups is 1. The van der Waals surface area contributed by atoms with Crippen molar-refractivity contribution in [3.05, 3.63) is 17.7 Å². The first kappa shape index (κ1) is 14.0. The van der Waals surface area contributed by atoms with Crippen LogP contribution in [-0.4, -0.2) is 29.9 Å². The Kier molecular flexibility index (Phi) is 3.63. The number of hydrogen-bond donors (Lipinski definition) is 1. The minimum Gasteiger partial charge on any atom is -0.507 e. The average Bonchev–Trinajstić information content (AvgIpc) is 2.74. The summed E-state index contributed by atoms with van der Waals surface area (Å²) < 4.78 is 10.6. The van der Waals surface area contributed by atoms with E-state index in [1.54, 1.807) is 6.07 Å². The van der Waals surface area contributed by atoms with E-state index in [2.05, 4.69) is 39.6 Å². The highest BCUT2D eigenvalue weighted by Crippen LogP contribution is 2.38. The fourth-order valence-electron chi connectivity index (χ4n) is 2.17. The van der Waals surface area contributed by atoms with E-state index in [1.807, 2.05) is 6.07 Å². The van der Waals surface area contributed by atoms with Crippen molar-refractivity contribution in [3.63, 3.8) is 0 Å². The van der Waals surface area contributed by atoms with Crippen LogP contribution in [0.15, 0.2) is 12.1 Å². The Morgan fingerprint density at radius 3 is 2.42 bits per heavy atom. The van der Waals surface area contributed by atoms with Crippen LogP contribution >= 0.6 is 0 Å². The summed E-state index contributed by atoms with van der Waals surface area (Å²) in [6.45, 7) is 9.76. The standard InChI is InChI=1S/C15H23NO3/c1-10(15(2,3)4)16(5)8-11-6-13-14(7-12(11)17)19-9-18-13/h6-7,10,17H,8-9H2,1-5H3. The number of nitrogens with zero attached hydrogens (tertiary/aromatic N) is 1. The van der Waals surface area contributed by atoms with Crippen LogP contribution in [0.25, 0.3) is 0 Å². The summed E-state index contributed by atoms with van der Waals surface area (Å²) in [5, 5.41) is 10.0. The second-order valence-corrected chi connectivity index (χ2v) is 6.29. The fraction of sp³-hybridized carbons (Fsp3) is 0.600. The van der Waals surface area contributed by atoms with Gasteiger partial charge in [0.2, 0.25) is 6.79 Å². The lowest BCUT2D eigenvalue weighted by Gasteiger charge is -2.35. The number of hydrogen-bond acceptors (Lipinski definition) is 4. The van der Waals surface area contributed by atoms with Gasteiger partial charge in [-0.25, -0.2) is 0 Å². The molecule has 1 aliphatic heterocycles. The van der Waals surface area contributed by atoms with Crippen LogP contribution in [-0.2, 0) is 6.54 Å². The number of rotatable bonds is 3. The van der Waals surface area contributed by atoms with Crippen molar-refractivity contribution in [2.75, 3.05) is 13.8 Å². The van der Waals surface area contributed by atoms with Crippen molar-refractivity contribution in [3.8, 4) is 17.2 Å². The Hall–Kier alpha value is -1.42. The van der Waals surface area contributed by atoms with Gasteiger partial charge in [-0.3, -0.25) is 4.90 Å². The van der Waals surface area contributed by atoms with Gasteiger partial charge in [0.1, 0.15) is 5.75 Å². The molecular weight excluding hydrogens is 242 g/mol. The first-order valence-corrected chi connectivity index (χ1v) is 6.61. The molecular formula is C15H23NO3. The molecule has 1 atom stereocenters. The first-order chi connectivity index (χ1) is 8.79. The third-order valence-electron chi connectivity index (χ3n) is 3.91. The third kappa shape index (κ3) is 2.95. The normalized spacial score (nSPS) is 15.9. The van der Waals surface area contributed by atoms with Crippen LogP contribution in [0.2, 0.25) is 0 Å². The molecule has 0 aliphatic carbocycles. The van der Waals surface area contributed by atoms with E-state index in [9.17, 15) is 5.11 Å². The van der Waals surface area contributed by atoms with E-state index in [1.165, 1.54) is 0 Å². The van der Waals surface area contributed by atoms with Gasteiger partial charge >= 0.3 is 0 Å². The highest BCUT2D eigenvalue weighted by molar-refractivity contribution is 5.51. The molecule has 4 nitrogen and oxygen atoms in total. The summed E-state index contributed by atoms with van der Waals surface area (Å²) in [7, 11) is 2.07. The van der Waals surface area contributed by atoms with Crippen LogP contribution < -0.4 is 9.47 Å². The fourth-order valence-corrected chi connectivity index (χ4v) is 2.17.